The van der Waals surface area contributed by atoms with Crippen LogP contribution in [0.4, 0.5) is 4.79 Å². The van der Waals surface area contributed by atoms with Gasteiger partial charge in [-0.25, -0.2) is 4.79 Å². The highest BCUT2D eigenvalue weighted by Gasteiger charge is 2.21. The molecule has 1 rings (SSSR count). The monoisotopic (exact) mass is 322 g/mol. The van der Waals surface area contributed by atoms with Crippen molar-refractivity contribution in [1.29, 1.82) is 0 Å². The van der Waals surface area contributed by atoms with Crippen molar-refractivity contribution in [2.45, 2.75) is 59.2 Å². The van der Waals surface area contributed by atoms with E-state index in [-0.39, 0.29) is 23.8 Å². The van der Waals surface area contributed by atoms with Crippen LogP contribution in [0.3, 0.4) is 0 Å². The summed E-state index contributed by atoms with van der Waals surface area (Å²) in [7, 11) is 0. The Morgan fingerprint density at radius 1 is 1.26 bits per heavy atom. The highest BCUT2D eigenvalue weighted by molar-refractivity contribution is 5.68. The Labute approximate surface area is 139 Å². The molecule has 0 bridgehead atoms. The summed E-state index contributed by atoms with van der Waals surface area (Å²) in [6, 6.07) is 7.21. The minimum atomic E-state index is -0.506. The number of alkyl carbamates (subject to hydrolysis) is 1. The van der Waals surface area contributed by atoms with Gasteiger partial charge in [0, 0.05) is 18.6 Å². The van der Waals surface area contributed by atoms with E-state index in [1.54, 1.807) is 12.1 Å². The summed E-state index contributed by atoms with van der Waals surface area (Å²) in [5.41, 5.74) is 0.498. The van der Waals surface area contributed by atoms with Gasteiger partial charge >= 0.3 is 6.09 Å². The van der Waals surface area contributed by atoms with Crippen LogP contribution in [-0.4, -0.2) is 29.4 Å². The van der Waals surface area contributed by atoms with Crippen LogP contribution < -0.4 is 10.6 Å². The average Bonchev–Trinajstić information content (AvgIpc) is 2.40. The summed E-state index contributed by atoms with van der Waals surface area (Å²) < 4.78 is 5.31. The second kappa shape index (κ2) is 8.20. The molecule has 0 aliphatic rings. The third kappa shape index (κ3) is 7.37. The quantitative estimate of drug-likeness (QED) is 0.748. The van der Waals surface area contributed by atoms with Crippen LogP contribution in [0.15, 0.2) is 24.3 Å². The summed E-state index contributed by atoms with van der Waals surface area (Å²) in [5, 5.41) is 15.9. The Morgan fingerprint density at radius 2 is 1.91 bits per heavy atom. The lowest BCUT2D eigenvalue weighted by Gasteiger charge is -2.27. The number of carbonyl (C=O) groups excluding carboxylic acids is 1. The fourth-order valence-corrected chi connectivity index (χ4v) is 2.13. The summed E-state index contributed by atoms with van der Waals surface area (Å²) in [6.45, 7) is 12.3. The predicted octanol–water partition coefficient (Wildman–Crippen LogP) is 3.59. The number of phenols is 1. The molecule has 2 atom stereocenters. The smallest absolute Gasteiger partial charge is 0.407 e. The fraction of sp³-hybridized carbons (Fsp3) is 0.611. The number of phenolic OH excluding ortho intramolecular Hbond substituents is 1. The van der Waals surface area contributed by atoms with Crippen molar-refractivity contribution < 1.29 is 14.6 Å². The summed E-state index contributed by atoms with van der Waals surface area (Å²) in [4.78, 5) is 11.9. The molecule has 5 heteroatoms. The molecule has 2 unspecified atom stereocenters. The van der Waals surface area contributed by atoms with E-state index in [1.165, 1.54) is 0 Å². The van der Waals surface area contributed by atoms with Gasteiger partial charge in [-0.2, -0.15) is 0 Å². The third-order valence-corrected chi connectivity index (χ3v) is 3.52. The van der Waals surface area contributed by atoms with Crippen LogP contribution in [0.25, 0.3) is 0 Å². The second-order valence-corrected chi connectivity index (χ2v) is 7.22. The lowest BCUT2D eigenvalue weighted by Crippen LogP contribution is -2.47. The van der Waals surface area contributed by atoms with E-state index in [1.807, 2.05) is 39.8 Å². The van der Waals surface area contributed by atoms with E-state index in [4.69, 9.17) is 4.74 Å². The zero-order valence-electron chi connectivity index (χ0n) is 15.0. The van der Waals surface area contributed by atoms with Gasteiger partial charge in [-0.3, -0.25) is 0 Å². The number of carbonyl (C=O) groups is 1. The van der Waals surface area contributed by atoms with Crippen molar-refractivity contribution in [1.82, 2.24) is 10.6 Å². The van der Waals surface area contributed by atoms with Gasteiger partial charge in [-0.1, -0.05) is 26.0 Å². The Balaban J connectivity index is 2.58. The van der Waals surface area contributed by atoms with E-state index < -0.39 is 11.7 Å². The van der Waals surface area contributed by atoms with Gasteiger partial charge in [0.2, 0.25) is 0 Å². The molecule has 0 spiro atoms. The predicted molar refractivity (Wildman–Crippen MR) is 92.5 cm³/mol. The number of rotatable bonds is 6. The molecule has 0 aliphatic heterocycles. The first-order valence-electron chi connectivity index (χ1n) is 8.10. The summed E-state index contributed by atoms with van der Waals surface area (Å²) >= 11 is 0. The lowest BCUT2D eigenvalue weighted by molar-refractivity contribution is 0.0489. The molecular formula is C18H30N2O3. The van der Waals surface area contributed by atoms with E-state index in [0.717, 1.165) is 5.56 Å². The molecule has 0 fully saturated rings. The molecule has 130 valence electrons. The maximum atomic E-state index is 11.9. The molecule has 0 aromatic heterocycles. The molecule has 3 N–H and O–H groups in total. The molecule has 0 heterocycles. The maximum Gasteiger partial charge on any atom is 0.407 e. The largest absolute Gasteiger partial charge is 0.508 e. The zero-order valence-corrected chi connectivity index (χ0v) is 15.0. The third-order valence-electron chi connectivity index (χ3n) is 3.52. The van der Waals surface area contributed by atoms with Crippen LogP contribution in [0.1, 0.15) is 53.1 Å². The molecular weight excluding hydrogens is 292 g/mol. The van der Waals surface area contributed by atoms with E-state index in [9.17, 15) is 9.90 Å². The topological polar surface area (TPSA) is 70.6 Å². The Hall–Kier alpha value is -1.75. The van der Waals surface area contributed by atoms with Gasteiger partial charge in [-0.05, 0) is 51.3 Å². The molecule has 0 saturated heterocycles. The van der Waals surface area contributed by atoms with Crippen molar-refractivity contribution in [2.75, 3.05) is 6.54 Å². The Bertz CT molecular complexity index is 509. The maximum absolute atomic E-state index is 11.9. The number of nitrogens with one attached hydrogen (secondary N) is 2. The molecule has 5 nitrogen and oxygen atoms in total. The molecule has 0 aliphatic carbocycles. The van der Waals surface area contributed by atoms with Crippen molar-refractivity contribution in [2.24, 2.45) is 5.92 Å². The lowest BCUT2D eigenvalue weighted by atomic mass is 10.0. The number of amides is 1. The number of ether oxygens (including phenoxy) is 1. The van der Waals surface area contributed by atoms with Crippen LogP contribution in [0, 0.1) is 5.92 Å². The van der Waals surface area contributed by atoms with Crippen LogP contribution >= 0.6 is 0 Å². The Morgan fingerprint density at radius 3 is 2.43 bits per heavy atom. The van der Waals surface area contributed by atoms with Crippen LogP contribution in [0.5, 0.6) is 5.75 Å². The van der Waals surface area contributed by atoms with E-state index in [0.29, 0.717) is 6.54 Å². The number of hydrogen-bond donors (Lipinski definition) is 3. The van der Waals surface area contributed by atoms with Gasteiger partial charge < -0.3 is 20.5 Å². The first-order chi connectivity index (χ1) is 10.6. The molecule has 1 aromatic rings. The van der Waals surface area contributed by atoms with Crippen LogP contribution in [-0.2, 0) is 4.74 Å². The van der Waals surface area contributed by atoms with Crippen molar-refractivity contribution in [3.63, 3.8) is 0 Å². The van der Waals surface area contributed by atoms with Crippen molar-refractivity contribution >= 4 is 6.09 Å². The minimum Gasteiger partial charge on any atom is -0.508 e. The molecule has 0 radical (unpaired) electrons. The van der Waals surface area contributed by atoms with Crippen molar-refractivity contribution in [3.8, 4) is 5.75 Å². The normalized spacial score (nSPS) is 14.4. The Kier molecular flexibility index (Phi) is 6.88. The van der Waals surface area contributed by atoms with Gasteiger partial charge in [0.25, 0.3) is 0 Å². The van der Waals surface area contributed by atoms with E-state index >= 15 is 0 Å². The highest BCUT2D eigenvalue weighted by Crippen LogP contribution is 2.18. The van der Waals surface area contributed by atoms with Gasteiger partial charge in [0.1, 0.15) is 11.4 Å². The molecule has 0 saturated carbocycles. The number of benzene rings is 1. The number of hydrogen-bond acceptors (Lipinski definition) is 4. The molecule has 23 heavy (non-hydrogen) atoms. The highest BCUT2D eigenvalue weighted by atomic mass is 16.6. The number of aromatic hydroxyl groups is 1. The summed E-state index contributed by atoms with van der Waals surface area (Å²) in [5.74, 6) is 0.523. The second-order valence-electron chi connectivity index (χ2n) is 7.22. The van der Waals surface area contributed by atoms with Crippen molar-refractivity contribution in [3.05, 3.63) is 29.8 Å². The molecule has 1 aromatic carbocycles. The van der Waals surface area contributed by atoms with Gasteiger partial charge in [0.05, 0.1) is 0 Å². The van der Waals surface area contributed by atoms with Gasteiger partial charge in [-0.15, -0.1) is 0 Å². The minimum absolute atomic E-state index is 0.0374. The average molecular weight is 322 g/mol. The van der Waals surface area contributed by atoms with Gasteiger partial charge in [0.15, 0.2) is 0 Å². The zero-order chi connectivity index (χ0) is 17.6. The van der Waals surface area contributed by atoms with E-state index in [2.05, 4.69) is 24.5 Å². The first-order valence-corrected chi connectivity index (χ1v) is 8.10. The summed E-state index contributed by atoms with van der Waals surface area (Å²) in [6.07, 6.45) is -0.400. The standard InChI is InChI=1S/C18H30N2O3/c1-12(2)16(20-17(22)23-18(4,5)6)11-19-13(3)14-8-7-9-15(21)10-14/h7-10,12-13,16,19,21H,11H2,1-6H3,(H,20,22). The fourth-order valence-electron chi connectivity index (χ4n) is 2.13. The SMILES string of the molecule is CC(NCC(NC(=O)OC(C)(C)C)C(C)C)c1cccc(O)c1. The first kappa shape index (κ1) is 19.3. The molecule has 1 amide bonds. The van der Waals surface area contributed by atoms with Crippen LogP contribution in [0.2, 0.25) is 0 Å².